The third-order valence-electron chi connectivity index (χ3n) is 1.60. The lowest BCUT2D eigenvalue weighted by Gasteiger charge is -2.07. The predicted octanol–water partition coefficient (Wildman–Crippen LogP) is -2.34. The van der Waals surface area contributed by atoms with E-state index >= 15 is 0 Å². The largest absolute Gasteiger partial charge is 0.772 e. The van der Waals surface area contributed by atoms with Crippen LogP contribution in [0, 0.1) is 0 Å². The molecule has 18 heavy (non-hydrogen) atoms. The molecule has 0 fully saturated rings. The smallest absolute Gasteiger partial charge is 0.235 e. The fourth-order valence-electron chi connectivity index (χ4n) is 0.855. The van der Waals surface area contributed by atoms with E-state index in [-0.39, 0.29) is 13.1 Å². The van der Waals surface area contributed by atoms with Gasteiger partial charge in [0.15, 0.2) is 9.84 Å². The number of rotatable bonds is 8. The molecule has 1 atom stereocenters. The van der Waals surface area contributed by atoms with Crippen molar-refractivity contribution in [3.8, 4) is 0 Å². The molecule has 0 bridgehead atoms. The van der Waals surface area contributed by atoms with Crippen LogP contribution < -0.4 is 10.6 Å². The van der Waals surface area contributed by atoms with Crippen LogP contribution in [0.3, 0.4) is 0 Å². The summed E-state index contributed by atoms with van der Waals surface area (Å²) in [5.74, 6) is -2.79. The maximum absolute atomic E-state index is 11.1. The highest BCUT2D eigenvalue weighted by atomic mass is 32.2. The number of carbonyl (C=O) groups excluding carboxylic acids is 2. The Kier molecular flexibility index (Phi) is 7.39. The molecule has 0 spiro atoms. The summed E-state index contributed by atoms with van der Waals surface area (Å²) in [6.45, 7) is 3.06. The highest BCUT2D eigenvalue weighted by Crippen LogP contribution is 1.89. The van der Waals surface area contributed by atoms with E-state index < -0.39 is 44.2 Å². The van der Waals surface area contributed by atoms with Gasteiger partial charge < -0.3 is 15.2 Å². The molecule has 1 unspecified atom stereocenters. The minimum absolute atomic E-state index is 0.00271. The average molecular weight is 297 g/mol. The molecule has 0 saturated carbocycles. The molecule has 0 aromatic carbocycles. The van der Waals surface area contributed by atoms with Gasteiger partial charge in [0.25, 0.3) is 0 Å². The van der Waals surface area contributed by atoms with Crippen molar-refractivity contribution in [1.82, 2.24) is 10.6 Å². The monoisotopic (exact) mass is 297 g/mol. The van der Waals surface area contributed by atoms with Crippen LogP contribution >= 0.6 is 0 Å². The Labute approximate surface area is 107 Å². The molecular formula is C8H13N2O6S2-. The number of nitrogens with one attached hydrogen (secondary N) is 2. The summed E-state index contributed by atoms with van der Waals surface area (Å²) in [6, 6.07) is 0. The third-order valence-corrected chi connectivity index (χ3v) is 3.27. The van der Waals surface area contributed by atoms with Gasteiger partial charge >= 0.3 is 0 Å². The van der Waals surface area contributed by atoms with E-state index in [1.807, 2.05) is 0 Å². The molecule has 0 aliphatic rings. The van der Waals surface area contributed by atoms with Crippen molar-refractivity contribution in [3.05, 3.63) is 12.0 Å². The second-order valence-corrected chi connectivity index (χ2v) is 5.97. The van der Waals surface area contributed by atoms with Crippen molar-refractivity contribution in [2.45, 2.75) is 0 Å². The summed E-state index contributed by atoms with van der Waals surface area (Å²) in [6.07, 6.45) is 0. The Morgan fingerprint density at radius 1 is 1.22 bits per heavy atom. The molecule has 0 rings (SSSR count). The lowest BCUT2D eigenvalue weighted by Crippen LogP contribution is -2.38. The summed E-state index contributed by atoms with van der Waals surface area (Å²) in [7, 11) is -3.61. The number of sulfone groups is 1. The van der Waals surface area contributed by atoms with Crippen LogP contribution in [0.1, 0.15) is 0 Å². The van der Waals surface area contributed by atoms with Gasteiger partial charge in [-0.25, -0.2) is 8.42 Å². The molecule has 2 amide bonds. The molecule has 10 heteroatoms. The standard InChI is InChI=1S/C8H14N2O6S2/c1-2-18(15,16)6-8(12)10-4-3-9-7(11)5-17(13)14/h2H,1,3-6H2,(H,9,11)(H,10,12)(H,13,14)/p-1. The SMILES string of the molecule is C=CS(=O)(=O)CC(=O)NCCNC(=O)CS(=O)[O-]. The van der Waals surface area contributed by atoms with Crippen LogP contribution in [0.4, 0.5) is 0 Å². The Bertz CT molecular complexity index is 445. The molecule has 0 saturated heterocycles. The van der Waals surface area contributed by atoms with Gasteiger partial charge in [-0.05, 0) is 11.1 Å². The maximum Gasteiger partial charge on any atom is 0.235 e. The summed E-state index contributed by atoms with van der Waals surface area (Å²) in [5, 5.41) is 5.16. The molecule has 8 nitrogen and oxygen atoms in total. The van der Waals surface area contributed by atoms with Gasteiger partial charge in [-0.1, -0.05) is 6.58 Å². The van der Waals surface area contributed by atoms with Gasteiger partial charge in [0.05, 0.1) is 5.75 Å². The second kappa shape index (κ2) is 7.95. The maximum atomic E-state index is 11.1. The summed E-state index contributed by atoms with van der Waals surface area (Å²) < 4.78 is 42.2. The second-order valence-electron chi connectivity index (χ2n) is 3.12. The molecule has 0 aromatic rings. The van der Waals surface area contributed by atoms with E-state index in [0.29, 0.717) is 5.41 Å². The normalized spacial score (nSPS) is 12.5. The minimum atomic E-state index is -3.61. The van der Waals surface area contributed by atoms with Crippen molar-refractivity contribution in [3.63, 3.8) is 0 Å². The first-order chi connectivity index (χ1) is 8.26. The quantitative estimate of drug-likeness (QED) is 0.381. The predicted molar refractivity (Wildman–Crippen MR) is 63.8 cm³/mol. The van der Waals surface area contributed by atoms with Gasteiger partial charge in [0, 0.05) is 18.5 Å². The molecule has 0 aliphatic carbocycles. The molecule has 0 radical (unpaired) electrons. The Morgan fingerprint density at radius 2 is 1.72 bits per heavy atom. The van der Waals surface area contributed by atoms with Gasteiger partial charge in [-0.3, -0.25) is 13.8 Å². The van der Waals surface area contributed by atoms with Crippen molar-refractivity contribution in [1.29, 1.82) is 0 Å². The molecule has 2 N–H and O–H groups in total. The fraction of sp³-hybridized carbons (Fsp3) is 0.500. The van der Waals surface area contributed by atoms with Gasteiger partial charge in [0.1, 0.15) is 5.75 Å². The van der Waals surface area contributed by atoms with Crippen LogP contribution in [0.2, 0.25) is 0 Å². The topological polar surface area (TPSA) is 132 Å². The van der Waals surface area contributed by atoms with E-state index in [4.69, 9.17) is 0 Å². The zero-order chi connectivity index (χ0) is 14.2. The Balaban J connectivity index is 3.80. The van der Waals surface area contributed by atoms with E-state index in [9.17, 15) is 26.8 Å². The fourth-order valence-corrected chi connectivity index (χ4v) is 1.76. The number of hydrogen-bond donors (Lipinski definition) is 2. The summed E-state index contributed by atoms with van der Waals surface area (Å²) in [5.41, 5.74) is 0. The highest BCUT2D eigenvalue weighted by molar-refractivity contribution is 7.94. The number of hydrogen-bond acceptors (Lipinski definition) is 6. The van der Waals surface area contributed by atoms with Crippen LogP contribution in [-0.4, -0.2) is 53.6 Å². The van der Waals surface area contributed by atoms with Crippen LogP contribution in [0.25, 0.3) is 0 Å². The van der Waals surface area contributed by atoms with Crippen LogP contribution in [0.15, 0.2) is 12.0 Å². The van der Waals surface area contributed by atoms with Gasteiger partial charge in [-0.15, -0.1) is 0 Å². The molecular weight excluding hydrogens is 284 g/mol. The van der Waals surface area contributed by atoms with Crippen molar-refractivity contribution >= 4 is 32.7 Å². The number of amides is 2. The first-order valence-electron chi connectivity index (χ1n) is 4.71. The first kappa shape index (κ1) is 16.7. The van der Waals surface area contributed by atoms with E-state index in [1.165, 1.54) is 0 Å². The summed E-state index contributed by atoms with van der Waals surface area (Å²) in [4.78, 5) is 21.9. The first-order valence-corrected chi connectivity index (χ1v) is 7.67. The highest BCUT2D eigenvalue weighted by Gasteiger charge is 2.11. The summed E-state index contributed by atoms with van der Waals surface area (Å²) >= 11 is -2.46. The Morgan fingerprint density at radius 3 is 2.17 bits per heavy atom. The van der Waals surface area contributed by atoms with Crippen molar-refractivity contribution in [2.24, 2.45) is 0 Å². The molecule has 0 heterocycles. The zero-order valence-corrected chi connectivity index (χ0v) is 11.0. The van der Waals surface area contributed by atoms with E-state index in [1.54, 1.807) is 0 Å². The van der Waals surface area contributed by atoms with Gasteiger partial charge in [-0.2, -0.15) is 0 Å². The zero-order valence-electron chi connectivity index (χ0n) is 9.38. The lowest BCUT2D eigenvalue weighted by molar-refractivity contribution is -0.120. The lowest BCUT2D eigenvalue weighted by atomic mass is 10.5. The Hall–Kier alpha value is -1.26. The molecule has 0 aliphatic heterocycles. The minimum Gasteiger partial charge on any atom is -0.772 e. The van der Waals surface area contributed by atoms with E-state index in [2.05, 4.69) is 17.2 Å². The van der Waals surface area contributed by atoms with Crippen LogP contribution in [-0.2, 0) is 30.5 Å². The molecule has 0 aromatic heterocycles. The number of carbonyl (C=O) groups is 2. The van der Waals surface area contributed by atoms with Crippen LogP contribution in [0.5, 0.6) is 0 Å². The molecule has 104 valence electrons. The van der Waals surface area contributed by atoms with Crippen molar-refractivity contribution < 1.29 is 26.8 Å². The van der Waals surface area contributed by atoms with Gasteiger partial charge in [0.2, 0.25) is 11.8 Å². The van der Waals surface area contributed by atoms with Crippen molar-refractivity contribution in [2.75, 3.05) is 24.6 Å². The van der Waals surface area contributed by atoms with E-state index in [0.717, 1.165) is 0 Å². The average Bonchev–Trinajstić information content (AvgIpc) is 2.23. The third kappa shape index (κ3) is 8.84.